The summed E-state index contributed by atoms with van der Waals surface area (Å²) in [6, 6.07) is 3.92. The van der Waals surface area contributed by atoms with Crippen molar-refractivity contribution in [1.29, 1.82) is 0 Å². The average Bonchev–Trinajstić information content (AvgIpc) is 2.73. The van der Waals surface area contributed by atoms with Crippen molar-refractivity contribution in [2.75, 3.05) is 6.54 Å². The standard InChI is InChI=1S/C13H13FN2O4/c1-6-8-4-7(14)2-3-10(8)20-11(6)13(19)16-5-9(17)12(15)18/h2-4,9,17H,5H2,1H3,(H2,15,18)(H,16,19). The van der Waals surface area contributed by atoms with E-state index in [9.17, 15) is 19.1 Å². The van der Waals surface area contributed by atoms with E-state index in [1.54, 1.807) is 6.92 Å². The van der Waals surface area contributed by atoms with Gasteiger partial charge in [-0.25, -0.2) is 4.39 Å². The third-order valence-electron chi connectivity index (χ3n) is 2.89. The zero-order chi connectivity index (χ0) is 14.9. The molecule has 0 radical (unpaired) electrons. The number of rotatable bonds is 4. The normalized spacial score (nSPS) is 12.3. The number of carbonyl (C=O) groups is 2. The fraction of sp³-hybridized carbons (Fsp3) is 0.231. The summed E-state index contributed by atoms with van der Waals surface area (Å²) in [5.41, 5.74) is 5.72. The molecule has 1 unspecified atom stereocenters. The van der Waals surface area contributed by atoms with E-state index in [1.807, 2.05) is 0 Å². The summed E-state index contributed by atoms with van der Waals surface area (Å²) >= 11 is 0. The van der Waals surface area contributed by atoms with Gasteiger partial charge in [-0.3, -0.25) is 9.59 Å². The van der Waals surface area contributed by atoms with E-state index in [0.717, 1.165) is 0 Å². The monoisotopic (exact) mass is 280 g/mol. The second kappa shape index (κ2) is 5.30. The first-order chi connectivity index (χ1) is 9.40. The van der Waals surface area contributed by atoms with Crippen molar-refractivity contribution in [3.05, 3.63) is 35.3 Å². The van der Waals surface area contributed by atoms with E-state index in [0.29, 0.717) is 16.5 Å². The lowest BCUT2D eigenvalue weighted by Crippen LogP contribution is -2.40. The first-order valence-electron chi connectivity index (χ1n) is 5.84. The Hall–Kier alpha value is -2.41. The smallest absolute Gasteiger partial charge is 0.287 e. The van der Waals surface area contributed by atoms with Gasteiger partial charge in [-0.15, -0.1) is 0 Å². The summed E-state index contributed by atoms with van der Waals surface area (Å²) in [7, 11) is 0. The van der Waals surface area contributed by atoms with E-state index in [4.69, 9.17) is 10.2 Å². The second-order valence-corrected chi connectivity index (χ2v) is 4.32. The van der Waals surface area contributed by atoms with E-state index in [-0.39, 0.29) is 12.3 Å². The number of halogens is 1. The summed E-state index contributed by atoms with van der Waals surface area (Å²) in [4.78, 5) is 22.5. The van der Waals surface area contributed by atoms with Gasteiger partial charge in [0.05, 0.1) is 6.54 Å². The first-order valence-corrected chi connectivity index (χ1v) is 5.84. The van der Waals surface area contributed by atoms with Crippen LogP contribution < -0.4 is 11.1 Å². The van der Waals surface area contributed by atoms with E-state index >= 15 is 0 Å². The molecule has 0 aliphatic carbocycles. The number of nitrogens with one attached hydrogen (secondary N) is 1. The maximum Gasteiger partial charge on any atom is 0.287 e. The van der Waals surface area contributed by atoms with Crippen LogP contribution in [0.2, 0.25) is 0 Å². The number of benzene rings is 1. The number of aliphatic hydroxyl groups excluding tert-OH is 1. The molecule has 0 fully saturated rings. The van der Waals surface area contributed by atoms with Crippen molar-refractivity contribution in [2.24, 2.45) is 5.73 Å². The topological polar surface area (TPSA) is 106 Å². The summed E-state index contributed by atoms with van der Waals surface area (Å²) in [5, 5.41) is 12.0. The van der Waals surface area contributed by atoms with Gasteiger partial charge in [-0.05, 0) is 25.1 Å². The average molecular weight is 280 g/mol. The van der Waals surface area contributed by atoms with E-state index in [1.165, 1.54) is 18.2 Å². The van der Waals surface area contributed by atoms with Crippen molar-refractivity contribution in [3.8, 4) is 0 Å². The van der Waals surface area contributed by atoms with Crippen molar-refractivity contribution in [3.63, 3.8) is 0 Å². The number of aliphatic hydroxyl groups is 1. The van der Waals surface area contributed by atoms with Gasteiger partial charge in [-0.2, -0.15) is 0 Å². The van der Waals surface area contributed by atoms with Crippen LogP contribution in [-0.4, -0.2) is 29.6 Å². The molecule has 0 saturated heterocycles. The number of furan rings is 1. The van der Waals surface area contributed by atoms with E-state index < -0.39 is 23.7 Å². The van der Waals surface area contributed by atoms with Crippen LogP contribution >= 0.6 is 0 Å². The third-order valence-corrected chi connectivity index (χ3v) is 2.89. The molecule has 6 nitrogen and oxygen atoms in total. The Balaban J connectivity index is 2.22. The molecule has 2 aromatic rings. The highest BCUT2D eigenvalue weighted by molar-refractivity contribution is 5.99. The van der Waals surface area contributed by atoms with Crippen LogP contribution in [0.15, 0.2) is 22.6 Å². The number of carbonyl (C=O) groups excluding carboxylic acids is 2. The predicted octanol–water partition coefficient (Wildman–Crippen LogP) is 0.456. The molecule has 20 heavy (non-hydrogen) atoms. The Kier molecular flexibility index (Phi) is 3.71. The number of aryl methyl sites for hydroxylation is 1. The van der Waals surface area contributed by atoms with Crippen LogP contribution in [0.1, 0.15) is 16.1 Å². The Morgan fingerprint density at radius 2 is 2.20 bits per heavy atom. The number of fused-ring (bicyclic) bond motifs is 1. The molecule has 1 aromatic heterocycles. The highest BCUT2D eigenvalue weighted by Crippen LogP contribution is 2.25. The van der Waals surface area contributed by atoms with Crippen LogP contribution in [0.3, 0.4) is 0 Å². The van der Waals surface area contributed by atoms with Crippen LogP contribution in [-0.2, 0) is 4.79 Å². The molecular weight excluding hydrogens is 267 g/mol. The van der Waals surface area contributed by atoms with Crippen LogP contribution in [0.4, 0.5) is 4.39 Å². The summed E-state index contributed by atoms with van der Waals surface area (Å²) in [6.07, 6.45) is -1.47. The minimum atomic E-state index is -1.47. The number of hydrogen-bond donors (Lipinski definition) is 3. The maximum absolute atomic E-state index is 13.1. The molecule has 0 aliphatic heterocycles. The Morgan fingerprint density at radius 3 is 2.85 bits per heavy atom. The first kappa shape index (κ1) is 14.0. The zero-order valence-electron chi connectivity index (χ0n) is 10.6. The minimum Gasteiger partial charge on any atom is -0.451 e. The third kappa shape index (κ3) is 2.62. The lowest BCUT2D eigenvalue weighted by atomic mass is 10.1. The second-order valence-electron chi connectivity index (χ2n) is 4.32. The molecule has 1 atom stereocenters. The van der Waals surface area contributed by atoms with Gasteiger partial charge in [0.2, 0.25) is 5.91 Å². The largest absolute Gasteiger partial charge is 0.451 e. The predicted molar refractivity (Wildman–Crippen MR) is 68.4 cm³/mol. The zero-order valence-corrected chi connectivity index (χ0v) is 10.6. The molecule has 0 saturated carbocycles. The van der Waals surface area contributed by atoms with Crippen molar-refractivity contribution in [1.82, 2.24) is 5.32 Å². The van der Waals surface area contributed by atoms with Gasteiger partial charge in [0.1, 0.15) is 17.5 Å². The van der Waals surface area contributed by atoms with Crippen molar-refractivity contribution in [2.45, 2.75) is 13.0 Å². The molecule has 0 aliphatic rings. The molecule has 2 amide bonds. The van der Waals surface area contributed by atoms with Crippen molar-refractivity contribution >= 4 is 22.8 Å². The molecule has 0 spiro atoms. The molecule has 4 N–H and O–H groups in total. The molecule has 2 rings (SSSR count). The molecule has 1 heterocycles. The van der Waals surface area contributed by atoms with Gasteiger partial charge in [-0.1, -0.05) is 0 Å². The quantitative estimate of drug-likeness (QED) is 0.756. The molecule has 106 valence electrons. The van der Waals surface area contributed by atoms with Gasteiger partial charge < -0.3 is 20.6 Å². The number of primary amides is 1. The Morgan fingerprint density at radius 1 is 1.50 bits per heavy atom. The fourth-order valence-corrected chi connectivity index (χ4v) is 1.78. The van der Waals surface area contributed by atoms with E-state index in [2.05, 4.69) is 5.32 Å². The highest BCUT2D eigenvalue weighted by Gasteiger charge is 2.19. The van der Waals surface area contributed by atoms with Crippen LogP contribution in [0.5, 0.6) is 0 Å². The van der Waals surface area contributed by atoms with Crippen LogP contribution in [0, 0.1) is 12.7 Å². The van der Waals surface area contributed by atoms with Gasteiger partial charge >= 0.3 is 0 Å². The minimum absolute atomic E-state index is 0.00210. The molecule has 0 bridgehead atoms. The number of nitrogens with two attached hydrogens (primary N) is 1. The summed E-state index contributed by atoms with van der Waals surface area (Å²) in [5.74, 6) is -1.98. The Labute approximate surface area is 113 Å². The molecular formula is C13H13FN2O4. The summed E-state index contributed by atoms with van der Waals surface area (Å²) < 4.78 is 18.5. The Bertz CT molecular complexity index is 680. The van der Waals surface area contributed by atoms with Crippen molar-refractivity contribution < 1.29 is 23.5 Å². The number of hydrogen-bond acceptors (Lipinski definition) is 4. The molecule has 7 heteroatoms. The maximum atomic E-state index is 13.1. The highest BCUT2D eigenvalue weighted by atomic mass is 19.1. The lowest BCUT2D eigenvalue weighted by molar-refractivity contribution is -0.125. The SMILES string of the molecule is Cc1c(C(=O)NCC(O)C(N)=O)oc2ccc(F)cc12. The van der Waals surface area contributed by atoms with Gasteiger partial charge in [0.15, 0.2) is 5.76 Å². The van der Waals surface area contributed by atoms with Gasteiger partial charge in [0.25, 0.3) is 5.91 Å². The van der Waals surface area contributed by atoms with Crippen LogP contribution in [0.25, 0.3) is 11.0 Å². The lowest BCUT2D eigenvalue weighted by Gasteiger charge is -2.07. The number of amides is 2. The summed E-state index contributed by atoms with van der Waals surface area (Å²) in [6.45, 7) is 1.30. The fourth-order valence-electron chi connectivity index (χ4n) is 1.78. The van der Waals surface area contributed by atoms with Gasteiger partial charge in [0, 0.05) is 10.9 Å². The molecule has 1 aromatic carbocycles.